The molecule has 6 rings (SSSR count). The summed E-state index contributed by atoms with van der Waals surface area (Å²) in [5.41, 5.74) is 3.51. The summed E-state index contributed by atoms with van der Waals surface area (Å²) < 4.78 is 6.77. The van der Waals surface area contributed by atoms with Gasteiger partial charge in [-0.3, -0.25) is 10.1 Å². The molecule has 160 valence electrons. The molecule has 3 nitrogen and oxygen atoms in total. The topological polar surface area (TPSA) is 38.3 Å². The van der Waals surface area contributed by atoms with E-state index >= 15 is 0 Å². The fourth-order valence-electron chi connectivity index (χ4n) is 7.91. The van der Waals surface area contributed by atoms with E-state index in [-0.39, 0.29) is 23.8 Å². The monoisotopic (exact) mass is 405 g/mol. The zero-order valence-corrected chi connectivity index (χ0v) is 18.6. The molecule has 0 unspecified atom stereocenters. The largest absolute Gasteiger partial charge is 0.355 e. The minimum absolute atomic E-state index is 0.0144. The molecule has 30 heavy (non-hydrogen) atoms. The van der Waals surface area contributed by atoms with Crippen molar-refractivity contribution in [2.24, 2.45) is 35.5 Å². The van der Waals surface area contributed by atoms with Gasteiger partial charge in [-0.1, -0.05) is 43.7 Å². The maximum absolute atomic E-state index is 13.9. The van der Waals surface area contributed by atoms with Crippen molar-refractivity contribution in [1.29, 1.82) is 0 Å². The van der Waals surface area contributed by atoms with Crippen molar-refractivity contribution in [3.05, 3.63) is 41.5 Å². The molecule has 0 amide bonds. The van der Waals surface area contributed by atoms with Gasteiger partial charge in [0.2, 0.25) is 0 Å². The number of ether oxygens (including phenoxy) is 1. The number of carbonyl (C=O) groups is 1. The van der Waals surface area contributed by atoms with Gasteiger partial charge in [-0.25, -0.2) is 0 Å². The Morgan fingerprint density at radius 3 is 2.43 bits per heavy atom. The highest BCUT2D eigenvalue weighted by Gasteiger charge is 2.59. The predicted octanol–water partition coefficient (Wildman–Crippen LogP) is 5.21. The Morgan fingerprint density at radius 2 is 1.67 bits per heavy atom. The van der Waals surface area contributed by atoms with Crippen LogP contribution in [0.25, 0.3) is 5.57 Å². The van der Waals surface area contributed by atoms with Crippen molar-refractivity contribution < 1.29 is 9.53 Å². The second-order valence-electron chi connectivity index (χ2n) is 11.4. The molecule has 1 aromatic carbocycles. The molecule has 0 radical (unpaired) electrons. The Hall–Kier alpha value is -1.45. The first-order valence-electron chi connectivity index (χ1n) is 12.2. The number of allylic oxidation sites excluding steroid dienone is 1. The Kier molecular flexibility index (Phi) is 4.35. The fraction of sp³-hybridized carbons (Fsp3) is 0.667. The molecule has 1 aliphatic heterocycles. The summed E-state index contributed by atoms with van der Waals surface area (Å²) in [6.45, 7) is 6.99. The summed E-state index contributed by atoms with van der Waals surface area (Å²) in [6.07, 6.45) is 7.37. The van der Waals surface area contributed by atoms with Gasteiger partial charge in [0.1, 0.15) is 6.23 Å². The summed E-state index contributed by atoms with van der Waals surface area (Å²) in [4.78, 5) is 13.9. The van der Waals surface area contributed by atoms with Gasteiger partial charge in [-0.15, -0.1) is 0 Å². The molecule has 3 saturated carbocycles. The minimum atomic E-state index is -0.265. The quantitative estimate of drug-likeness (QED) is 0.734. The number of nitrogens with one attached hydrogen (secondary N) is 1. The average molecular weight is 406 g/mol. The first kappa shape index (κ1) is 19.3. The lowest BCUT2D eigenvalue weighted by molar-refractivity contribution is -0.145. The zero-order valence-electron chi connectivity index (χ0n) is 18.6. The molecular formula is C27H35NO2. The second-order valence-corrected chi connectivity index (χ2v) is 11.4. The first-order valence-corrected chi connectivity index (χ1v) is 12.2. The van der Waals surface area contributed by atoms with E-state index in [4.69, 9.17) is 4.74 Å². The molecule has 8 atom stereocenters. The van der Waals surface area contributed by atoms with Crippen LogP contribution in [-0.2, 0) is 9.53 Å². The molecule has 5 aliphatic rings. The third-order valence-electron chi connectivity index (χ3n) is 9.25. The van der Waals surface area contributed by atoms with Gasteiger partial charge in [-0.05, 0) is 80.8 Å². The van der Waals surface area contributed by atoms with Gasteiger partial charge in [0, 0.05) is 22.9 Å². The van der Waals surface area contributed by atoms with Gasteiger partial charge < -0.3 is 4.74 Å². The molecule has 0 aromatic heterocycles. The lowest BCUT2D eigenvalue weighted by Gasteiger charge is -2.51. The molecule has 1 N–H and O–H groups in total. The first-order chi connectivity index (χ1) is 14.4. The lowest BCUT2D eigenvalue weighted by atomic mass is 9.70. The number of carbonyl (C=O) groups excluding carboxylic acids is 1. The van der Waals surface area contributed by atoms with Crippen LogP contribution in [0.5, 0.6) is 0 Å². The van der Waals surface area contributed by atoms with Gasteiger partial charge in [-0.2, -0.15) is 0 Å². The van der Waals surface area contributed by atoms with Crippen LogP contribution >= 0.6 is 0 Å². The van der Waals surface area contributed by atoms with Crippen LogP contribution in [0.15, 0.2) is 35.9 Å². The third-order valence-corrected chi connectivity index (χ3v) is 9.25. The van der Waals surface area contributed by atoms with E-state index in [2.05, 4.69) is 56.4 Å². The van der Waals surface area contributed by atoms with Crippen molar-refractivity contribution in [3.63, 3.8) is 0 Å². The van der Waals surface area contributed by atoms with E-state index in [0.717, 1.165) is 12.0 Å². The molecule has 1 heterocycles. The van der Waals surface area contributed by atoms with E-state index in [1.54, 1.807) is 0 Å². The number of hydrogen-bond acceptors (Lipinski definition) is 3. The highest BCUT2D eigenvalue weighted by atomic mass is 16.5. The van der Waals surface area contributed by atoms with Crippen molar-refractivity contribution in [2.45, 2.75) is 77.2 Å². The van der Waals surface area contributed by atoms with Crippen molar-refractivity contribution >= 4 is 11.4 Å². The molecule has 4 fully saturated rings. The highest BCUT2D eigenvalue weighted by Crippen LogP contribution is 2.62. The third kappa shape index (κ3) is 2.74. The van der Waals surface area contributed by atoms with Crippen molar-refractivity contribution in [2.75, 3.05) is 0 Å². The minimum Gasteiger partial charge on any atom is -0.355 e. The number of Topliss-reactive ketones (excluding diaryl/α,β-unsaturated/α-hetero) is 1. The Balaban J connectivity index is 1.44. The molecule has 1 saturated heterocycles. The Labute approximate surface area is 180 Å². The van der Waals surface area contributed by atoms with Crippen LogP contribution in [0.2, 0.25) is 0 Å². The molecule has 1 aromatic rings. The smallest absolute Gasteiger partial charge is 0.167 e. The normalized spacial score (nSPS) is 44.3. The number of rotatable bonds is 2. The van der Waals surface area contributed by atoms with E-state index in [9.17, 15) is 4.79 Å². The van der Waals surface area contributed by atoms with Crippen LogP contribution in [0.4, 0.5) is 0 Å². The SMILES string of the molecule is C[C@@H]1CC[C@@H]2[C@@H](C1)O[C@@H](C1=C(c3ccccc3)[C@@H]3[C@H]4CC[C@H](C4)[C@@H]3C1=O)NC2(C)C. The second kappa shape index (κ2) is 6.77. The summed E-state index contributed by atoms with van der Waals surface area (Å²) in [6, 6.07) is 10.7. The molecule has 3 heteroatoms. The van der Waals surface area contributed by atoms with Crippen LogP contribution in [0, 0.1) is 35.5 Å². The maximum atomic E-state index is 13.9. The molecule has 4 aliphatic carbocycles. The van der Waals surface area contributed by atoms with Crippen LogP contribution in [0.3, 0.4) is 0 Å². The number of ketones is 1. The van der Waals surface area contributed by atoms with E-state index in [1.807, 2.05) is 0 Å². The molecule has 0 spiro atoms. The summed E-state index contributed by atoms with van der Waals surface area (Å²) in [7, 11) is 0. The highest BCUT2D eigenvalue weighted by molar-refractivity contribution is 6.11. The zero-order chi connectivity index (χ0) is 20.6. The van der Waals surface area contributed by atoms with Gasteiger partial charge in [0.25, 0.3) is 0 Å². The maximum Gasteiger partial charge on any atom is 0.167 e. The van der Waals surface area contributed by atoms with Crippen molar-refractivity contribution in [1.82, 2.24) is 5.32 Å². The Morgan fingerprint density at radius 1 is 0.933 bits per heavy atom. The molecule has 2 bridgehead atoms. The average Bonchev–Trinajstić information content (AvgIpc) is 3.40. The van der Waals surface area contributed by atoms with Crippen LogP contribution in [0.1, 0.15) is 64.9 Å². The van der Waals surface area contributed by atoms with E-state index < -0.39 is 0 Å². The van der Waals surface area contributed by atoms with Gasteiger partial charge in [0.05, 0.1) is 6.10 Å². The van der Waals surface area contributed by atoms with Crippen LogP contribution in [-0.4, -0.2) is 23.7 Å². The van der Waals surface area contributed by atoms with E-state index in [0.29, 0.717) is 35.4 Å². The van der Waals surface area contributed by atoms with Gasteiger partial charge in [0.15, 0.2) is 5.78 Å². The molecular weight excluding hydrogens is 370 g/mol. The van der Waals surface area contributed by atoms with Gasteiger partial charge >= 0.3 is 0 Å². The van der Waals surface area contributed by atoms with Crippen molar-refractivity contribution in [3.8, 4) is 0 Å². The fourth-order valence-corrected chi connectivity index (χ4v) is 7.91. The summed E-state index contributed by atoms with van der Waals surface area (Å²) >= 11 is 0. The summed E-state index contributed by atoms with van der Waals surface area (Å²) in [5.74, 6) is 3.49. The standard InChI is InChI=1S/C27H35NO2/c1-15-9-12-19-20(13-15)30-26(28-27(19,2)3)24-21(16-7-5-4-6-8-16)22-17-10-11-18(14-17)23(22)25(24)29/h4-8,15,17-20,22-23,26,28H,9-14H2,1-3H3/t15-,17+,18-,19-,20-,22+,23+,26+/m1/s1. The predicted molar refractivity (Wildman–Crippen MR) is 119 cm³/mol. The number of hydrogen-bond donors (Lipinski definition) is 1. The Bertz CT molecular complexity index is 887. The lowest BCUT2D eigenvalue weighted by Crippen LogP contribution is -2.63. The van der Waals surface area contributed by atoms with Crippen LogP contribution < -0.4 is 5.32 Å². The number of benzene rings is 1. The number of fused-ring (bicyclic) bond motifs is 6. The summed E-state index contributed by atoms with van der Waals surface area (Å²) in [5, 5.41) is 3.82. The van der Waals surface area contributed by atoms with E-state index in [1.165, 1.54) is 43.2 Å².